The van der Waals surface area contributed by atoms with E-state index in [1.807, 2.05) is 36.4 Å². The van der Waals surface area contributed by atoms with Crippen LogP contribution >= 0.6 is 11.6 Å². The van der Waals surface area contributed by atoms with Gasteiger partial charge in [-0.25, -0.2) is 9.97 Å². The van der Waals surface area contributed by atoms with Crippen molar-refractivity contribution in [2.24, 2.45) is 5.73 Å². The summed E-state index contributed by atoms with van der Waals surface area (Å²) in [5, 5.41) is 7.32. The number of nitrogens with one attached hydrogen (secondary N) is 2. The first-order valence-electron chi connectivity index (χ1n) is 9.81. The molecule has 0 atom stereocenters. The SMILES string of the molecule is NC(=O)c1cc(-c2ccnc(NCc3ccccc3Cl)c2)nc(N2CCNCC2)c1. The molecule has 1 aliphatic rings. The summed E-state index contributed by atoms with van der Waals surface area (Å²) in [5.41, 5.74) is 8.54. The van der Waals surface area contributed by atoms with E-state index >= 15 is 0 Å². The second kappa shape index (κ2) is 9.11. The minimum absolute atomic E-state index is 0.441. The Morgan fingerprint density at radius 3 is 2.73 bits per heavy atom. The normalized spacial score (nSPS) is 13.8. The van der Waals surface area contributed by atoms with Gasteiger partial charge in [0.2, 0.25) is 5.91 Å². The molecule has 1 amide bonds. The van der Waals surface area contributed by atoms with E-state index in [0.29, 0.717) is 28.6 Å². The number of hydrogen-bond donors (Lipinski definition) is 3. The molecule has 30 heavy (non-hydrogen) atoms. The molecule has 0 bridgehead atoms. The number of anilines is 2. The van der Waals surface area contributed by atoms with Crippen molar-refractivity contribution in [3.8, 4) is 11.3 Å². The number of nitrogens with two attached hydrogens (primary N) is 1. The lowest BCUT2D eigenvalue weighted by molar-refractivity contribution is 0.1000. The molecular weight excluding hydrogens is 400 g/mol. The van der Waals surface area contributed by atoms with Crippen LogP contribution < -0.4 is 21.3 Å². The van der Waals surface area contributed by atoms with Crippen molar-refractivity contribution in [2.45, 2.75) is 6.54 Å². The predicted molar refractivity (Wildman–Crippen MR) is 120 cm³/mol. The Balaban J connectivity index is 1.61. The number of benzene rings is 1. The molecule has 3 heterocycles. The Labute approximate surface area is 180 Å². The van der Waals surface area contributed by atoms with Gasteiger partial charge >= 0.3 is 0 Å². The fourth-order valence-corrected chi connectivity index (χ4v) is 3.58. The lowest BCUT2D eigenvalue weighted by Gasteiger charge is -2.29. The number of pyridine rings is 2. The highest BCUT2D eigenvalue weighted by atomic mass is 35.5. The maximum absolute atomic E-state index is 11.9. The first kappa shape index (κ1) is 20.1. The Morgan fingerprint density at radius 1 is 1.17 bits per heavy atom. The molecule has 0 saturated carbocycles. The van der Waals surface area contributed by atoms with Crippen molar-refractivity contribution in [1.29, 1.82) is 0 Å². The second-order valence-electron chi connectivity index (χ2n) is 7.08. The van der Waals surface area contributed by atoms with E-state index in [4.69, 9.17) is 22.3 Å². The lowest BCUT2D eigenvalue weighted by atomic mass is 10.1. The molecule has 2 aromatic heterocycles. The Morgan fingerprint density at radius 2 is 1.97 bits per heavy atom. The number of carbonyl (C=O) groups excluding carboxylic acids is 1. The quantitative estimate of drug-likeness (QED) is 0.565. The van der Waals surface area contributed by atoms with Crippen LogP contribution in [0.4, 0.5) is 11.6 Å². The van der Waals surface area contributed by atoms with Crippen LogP contribution in [0, 0.1) is 0 Å². The van der Waals surface area contributed by atoms with Gasteiger partial charge in [0.05, 0.1) is 5.69 Å². The zero-order valence-electron chi connectivity index (χ0n) is 16.4. The highest BCUT2D eigenvalue weighted by Gasteiger charge is 2.16. The van der Waals surface area contributed by atoms with Gasteiger partial charge in [0.1, 0.15) is 11.6 Å². The monoisotopic (exact) mass is 422 g/mol. The van der Waals surface area contributed by atoms with Crippen LogP contribution in [-0.2, 0) is 6.54 Å². The Bertz CT molecular complexity index is 1050. The van der Waals surface area contributed by atoms with Crippen molar-refractivity contribution in [3.05, 3.63) is 70.9 Å². The molecule has 4 N–H and O–H groups in total. The molecule has 4 rings (SSSR count). The van der Waals surface area contributed by atoms with E-state index in [-0.39, 0.29) is 0 Å². The summed E-state index contributed by atoms with van der Waals surface area (Å²) >= 11 is 6.23. The molecule has 3 aromatic rings. The van der Waals surface area contributed by atoms with Gasteiger partial charge in [-0.2, -0.15) is 0 Å². The molecule has 0 unspecified atom stereocenters. The van der Waals surface area contributed by atoms with E-state index in [9.17, 15) is 4.79 Å². The minimum atomic E-state index is -0.471. The summed E-state index contributed by atoms with van der Waals surface area (Å²) < 4.78 is 0. The first-order valence-corrected chi connectivity index (χ1v) is 10.2. The van der Waals surface area contributed by atoms with E-state index in [1.54, 1.807) is 18.3 Å². The molecular formula is C22H23ClN6O. The van der Waals surface area contributed by atoms with Crippen LogP contribution in [0.25, 0.3) is 11.3 Å². The number of carbonyl (C=O) groups is 1. The lowest BCUT2D eigenvalue weighted by Crippen LogP contribution is -2.44. The zero-order chi connectivity index (χ0) is 20.9. The number of hydrogen-bond acceptors (Lipinski definition) is 6. The molecule has 7 nitrogen and oxygen atoms in total. The zero-order valence-corrected chi connectivity index (χ0v) is 17.2. The van der Waals surface area contributed by atoms with Gasteiger partial charge in [-0.15, -0.1) is 0 Å². The van der Waals surface area contributed by atoms with Crippen molar-refractivity contribution >= 4 is 29.1 Å². The number of aromatic nitrogens is 2. The van der Waals surface area contributed by atoms with Gasteiger partial charge in [-0.3, -0.25) is 4.79 Å². The summed E-state index contributed by atoms with van der Waals surface area (Å²) in [6, 6.07) is 14.9. The van der Waals surface area contributed by atoms with Crippen LogP contribution in [0.2, 0.25) is 5.02 Å². The average molecular weight is 423 g/mol. The molecule has 1 fully saturated rings. The highest BCUT2D eigenvalue weighted by Crippen LogP contribution is 2.25. The number of rotatable bonds is 6. The molecule has 0 aliphatic carbocycles. The second-order valence-corrected chi connectivity index (χ2v) is 7.48. The topological polar surface area (TPSA) is 96.2 Å². The maximum atomic E-state index is 11.9. The molecule has 0 spiro atoms. The summed E-state index contributed by atoms with van der Waals surface area (Å²) in [5.74, 6) is 0.980. The maximum Gasteiger partial charge on any atom is 0.248 e. The molecule has 1 saturated heterocycles. The predicted octanol–water partition coefficient (Wildman–Crippen LogP) is 2.92. The van der Waals surface area contributed by atoms with E-state index in [0.717, 1.165) is 43.1 Å². The fourth-order valence-electron chi connectivity index (χ4n) is 3.38. The number of piperazine rings is 1. The molecule has 154 valence electrons. The summed E-state index contributed by atoms with van der Waals surface area (Å²) in [4.78, 5) is 23.2. The third kappa shape index (κ3) is 4.69. The van der Waals surface area contributed by atoms with Crippen LogP contribution in [-0.4, -0.2) is 42.1 Å². The summed E-state index contributed by atoms with van der Waals surface area (Å²) in [7, 11) is 0. The smallest absolute Gasteiger partial charge is 0.248 e. The third-order valence-corrected chi connectivity index (χ3v) is 5.38. The van der Waals surface area contributed by atoms with Gasteiger partial charge < -0.3 is 21.3 Å². The number of primary amides is 1. The number of halogens is 1. The van der Waals surface area contributed by atoms with Crippen LogP contribution in [0.1, 0.15) is 15.9 Å². The van der Waals surface area contributed by atoms with Gasteiger partial charge in [-0.05, 0) is 35.9 Å². The number of nitrogens with zero attached hydrogens (tertiary/aromatic N) is 3. The van der Waals surface area contributed by atoms with Crippen LogP contribution in [0.15, 0.2) is 54.7 Å². The van der Waals surface area contributed by atoms with Crippen LogP contribution in [0.3, 0.4) is 0 Å². The first-order chi connectivity index (χ1) is 14.6. The average Bonchev–Trinajstić information content (AvgIpc) is 2.79. The van der Waals surface area contributed by atoms with Crippen molar-refractivity contribution < 1.29 is 4.79 Å². The molecule has 0 radical (unpaired) electrons. The summed E-state index contributed by atoms with van der Waals surface area (Å²) in [6.07, 6.45) is 1.72. The minimum Gasteiger partial charge on any atom is -0.366 e. The highest BCUT2D eigenvalue weighted by molar-refractivity contribution is 6.31. The Kier molecular flexibility index (Phi) is 6.11. The van der Waals surface area contributed by atoms with Crippen molar-refractivity contribution in [2.75, 3.05) is 36.4 Å². The standard InChI is InChI=1S/C22H23ClN6O/c23-18-4-2-1-3-16(18)14-27-20-12-15(5-6-26-20)19-11-17(22(24)30)13-21(28-19)29-9-7-25-8-10-29/h1-6,11-13,25H,7-10,14H2,(H2,24,30)(H,26,27). The van der Waals surface area contributed by atoms with Gasteiger partial charge in [0, 0.05) is 55.1 Å². The fraction of sp³-hybridized carbons (Fsp3) is 0.227. The number of amides is 1. The van der Waals surface area contributed by atoms with Crippen molar-refractivity contribution in [1.82, 2.24) is 15.3 Å². The molecule has 1 aromatic carbocycles. The van der Waals surface area contributed by atoms with Crippen LogP contribution in [0.5, 0.6) is 0 Å². The Hall–Kier alpha value is -3.16. The van der Waals surface area contributed by atoms with Gasteiger partial charge in [0.15, 0.2) is 0 Å². The van der Waals surface area contributed by atoms with E-state index in [2.05, 4.69) is 20.5 Å². The van der Waals surface area contributed by atoms with Crippen molar-refractivity contribution in [3.63, 3.8) is 0 Å². The molecule has 8 heteroatoms. The van der Waals surface area contributed by atoms with E-state index in [1.165, 1.54) is 0 Å². The largest absolute Gasteiger partial charge is 0.366 e. The van der Waals surface area contributed by atoms with Gasteiger partial charge in [0.25, 0.3) is 0 Å². The van der Waals surface area contributed by atoms with E-state index < -0.39 is 5.91 Å². The van der Waals surface area contributed by atoms with Gasteiger partial charge in [-0.1, -0.05) is 29.8 Å². The third-order valence-electron chi connectivity index (χ3n) is 5.01. The molecule has 1 aliphatic heterocycles. The summed E-state index contributed by atoms with van der Waals surface area (Å²) in [6.45, 7) is 3.97.